The Hall–Kier alpha value is -3.41. The van der Waals surface area contributed by atoms with Crippen molar-refractivity contribution in [1.29, 1.82) is 5.41 Å². The maximum atomic E-state index is 8.69. The van der Waals surface area contributed by atoms with Gasteiger partial charge in [-0.1, -0.05) is 6.07 Å². The number of benzene rings is 1. The second-order valence-corrected chi connectivity index (χ2v) is 7.16. The van der Waals surface area contributed by atoms with Gasteiger partial charge in [-0.3, -0.25) is 10.4 Å². The quantitative estimate of drug-likeness (QED) is 0.525. The molecule has 2 aromatic heterocycles. The molecule has 3 aromatic rings. The maximum Gasteiger partial charge on any atom is 0.129 e. The molecule has 0 atom stereocenters. The number of nitrogen functional groups attached to an aromatic ring is 1. The Morgan fingerprint density at radius 2 is 1.96 bits per heavy atom. The Balaban J connectivity index is 1.61. The first-order valence-corrected chi connectivity index (χ1v) is 9.30. The summed E-state index contributed by atoms with van der Waals surface area (Å²) in [5.74, 6) is 1.53. The third-order valence-electron chi connectivity index (χ3n) is 4.71. The lowest BCUT2D eigenvalue weighted by Crippen LogP contribution is -2.17. The molecule has 3 heterocycles. The molecule has 28 heavy (non-hydrogen) atoms. The Morgan fingerprint density at radius 1 is 1.11 bits per heavy atom. The Kier molecular flexibility index (Phi) is 4.69. The zero-order chi connectivity index (χ0) is 19.7. The van der Waals surface area contributed by atoms with Crippen molar-refractivity contribution in [3.63, 3.8) is 0 Å². The number of nitrogens with zero attached hydrogens (tertiary/aromatic N) is 3. The second-order valence-electron chi connectivity index (χ2n) is 7.16. The average molecular weight is 373 g/mol. The minimum atomic E-state index is 0.0589. The monoisotopic (exact) mass is 373 g/mol. The largest absolute Gasteiger partial charge is 0.491 e. The van der Waals surface area contributed by atoms with Crippen LogP contribution < -0.4 is 15.4 Å². The van der Waals surface area contributed by atoms with Gasteiger partial charge in [0.15, 0.2) is 0 Å². The smallest absolute Gasteiger partial charge is 0.129 e. The van der Waals surface area contributed by atoms with Gasteiger partial charge in [0.05, 0.1) is 24.1 Å². The normalized spacial score (nSPS) is 12.9. The standard InChI is InChI=1S/C22H23N5O/c1-14(2)28-17-5-6-19(23)18(11-17)22(24)15-7-9-26-21(10-15)27-12-16-4-3-8-25-20(16)13-27/h3-11,14,24H,12-13,23H2,1-2H3. The third-order valence-corrected chi connectivity index (χ3v) is 4.71. The first-order chi connectivity index (χ1) is 13.5. The number of aromatic nitrogens is 2. The van der Waals surface area contributed by atoms with Gasteiger partial charge in [-0.25, -0.2) is 4.98 Å². The SMILES string of the molecule is CC(C)Oc1ccc(N)c(C(=N)c2ccnc(N3Cc4cccnc4C3)c2)c1. The first kappa shape index (κ1) is 18.0. The highest BCUT2D eigenvalue weighted by Crippen LogP contribution is 2.28. The van der Waals surface area contributed by atoms with Crippen molar-refractivity contribution in [3.8, 4) is 5.75 Å². The van der Waals surface area contributed by atoms with E-state index in [-0.39, 0.29) is 6.10 Å². The van der Waals surface area contributed by atoms with Crippen molar-refractivity contribution in [2.24, 2.45) is 0 Å². The molecule has 1 aliphatic heterocycles. The molecule has 1 aromatic carbocycles. The van der Waals surface area contributed by atoms with Crippen LogP contribution in [0.1, 0.15) is 36.2 Å². The molecule has 6 nitrogen and oxygen atoms in total. The van der Waals surface area contributed by atoms with E-state index in [0.717, 1.165) is 30.2 Å². The summed E-state index contributed by atoms with van der Waals surface area (Å²) in [6.07, 6.45) is 3.61. The number of fused-ring (bicyclic) bond motifs is 1. The molecule has 0 radical (unpaired) electrons. The number of ether oxygens (including phenoxy) is 1. The summed E-state index contributed by atoms with van der Waals surface area (Å²) >= 11 is 0. The summed E-state index contributed by atoms with van der Waals surface area (Å²) in [6, 6.07) is 13.3. The van der Waals surface area contributed by atoms with E-state index in [2.05, 4.69) is 20.9 Å². The molecule has 0 amide bonds. The lowest BCUT2D eigenvalue weighted by Gasteiger charge is -2.18. The molecule has 0 aliphatic carbocycles. The van der Waals surface area contributed by atoms with Crippen LogP contribution in [0.15, 0.2) is 54.9 Å². The Labute approximate surface area is 164 Å². The van der Waals surface area contributed by atoms with Crippen LogP contribution in [0.4, 0.5) is 11.5 Å². The first-order valence-electron chi connectivity index (χ1n) is 9.30. The fourth-order valence-corrected chi connectivity index (χ4v) is 3.36. The van der Waals surface area contributed by atoms with Crippen LogP contribution in [0.25, 0.3) is 0 Å². The predicted octanol–water partition coefficient (Wildman–Crippen LogP) is 3.78. The minimum absolute atomic E-state index is 0.0589. The van der Waals surface area contributed by atoms with Crippen molar-refractivity contribution >= 4 is 17.2 Å². The molecule has 142 valence electrons. The highest BCUT2D eigenvalue weighted by Gasteiger charge is 2.21. The number of anilines is 2. The van der Waals surface area contributed by atoms with Gasteiger partial charge in [0, 0.05) is 35.8 Å². The van der Waals surface area contributed by atoms with E-state index in [1.165, 1.54) is 5.56 Å². The number of hydrogen-bond donors (Lipinski definition) is 2. The van der Waals surface area contributed by atoms with Crippen LogP contribution in [0, 0.1) is 5.41 Å². The van der Waals surface area contributed by atoms with Gasteiger partial charge in [-0.15, -0.1) is 0 Å². The molecule has 0 saturated heterocycles. The van der Waals surface area contributed by atoms with E-state index >= 15 is 0 Å². The van der Waals surface area contributed by atoms with Crippen LogP contribution >= 0.6 is 0 Å². The zero-order valence-electron chi connectivity index (χ0n) is 16.0. The number of pyridine rings is 2. The highest BCUT2D eigenvalue weighted by atomic mass is 16.5. The molecule has 6 heteroatoms. The number of nitrogens with two attached hydrogens (primary N) is 1. The minimum Gasteiger partial charge on any atom is -0.491 e. The van der Waals surface area contributed by atoms with Crippen LogP contribution in [0.2, 0.25) is 0 Å². The van der Waals surface area contributed by atoms with Gasteiger partial charge in [0.2, 0.25) is 0 Å². The number of rotatable bonds is 5. The molecule has 4 rings (SSSR count). The van der Waals surface area contributed by atoms with E-state index in [1.54, 1.807) is 12.3 Å². The molecule has 3 N–H and O–H groups in total. The average Bonchev–Trinajstić information content (AvgIpc) is 3.13. The summed E-state index contributed by atoms with van der Waals surface area (Å²) in [6.45, 7) is 5.44. The predicted molar refractivity (Wildman–Crippen MR) is 111 cm³/mol. The van der Waals surface area contributed by atoms with Crippen molar-refractivity contribution in [3.05, 3.63) is 77.2 Å². The fourth-order valence-electron chi connectivity index (χ4n) is 3.36. The molecule has 0 spiro atoms. The van der Waals surface area contributed by atoms with Crippen molar-refractivity contribution in [2.45, 2.75) is 33.0 Å². The Morgan fingerprint density at radius 3 is 2.75 bits per heavy atom. The second kappa shape index (κ2) is 7.31. The highest BCUT2D eigenvalue weighted by molar-refractivity contribution is 6.14. The number of nitrogens with one attached hydrogen (secondary N) is 1. The summed E-state index contributed by atoms with van der Waals surface area (Å²) in [7, 11) is 0. The van der Waals surface area contributed by atoms with E-state index in [9.17, 15) is 0 Å². The van der Waals surface area contributed by atoms with Gasteiger partial charge in [0.1, 0.15) is 11.6 Å². The van der Waals surface area contributed by atoms with Gasteiger partial charge >= 0.3 is 0 Å². The zero-order valence-corrected chi connectivity index (χ0v) is 16.0. The topological polar surface area (TPSA) is 88.1 Å². The third kappa shape index (κ3) is 3.53. The molecular formula is C22H23N5O. The van der Waals surface area contributed by atoms with Gasteiger partial charge in [-0.2, -0.15) is 0 Å². The molecule has 0 saturated carbocycles. The van der Waals surface area contributed by atoms with Crippen LogP contribution in [-0.4, -0.2) is 21.8 Å². The molecule has 1 aliphatic rings. The van der Waals surface area contributed by atoms with Gasteiger partial charge in [0.25, 0.3) is 0 Å². The van der Waals surface area contributed by atoms with Crippen molar-refractivity contribution in [1.82, 2.24) is 9.97 Å². The molecule has 0 fully saturated rings. The van der Waals surface area contributed by atoms with Crippen molar-refractivity contribution < 1.29 is 4.74 Å². The molecular weight excluding hydrogens is 350 g/mol. The van der Waals surface area contributed by atoms with E-state index < -0.39 is 0 Å². The lowest BCUT2D eigenvalue weighted by atomic mass is 10.0. The van der Waals surface area contributed by atoms with Crippen LogP contribution in [-0.2, 0) is 13.1 Å². The maximum absolute atomic E-state index is 8.69. The lowest BCUT2D eigenvalue weighted by molar-refractivity contribution is 0.242. The van der Waals surface area contributed by atoms with Crippen LogP contribution in [0.3, 0.4) is 0 Å². The summed E-state index contributed by atoms with van der Waals surface area (Å²) in [5, 5.41) is 8.69. The summed E-state index contributed by atoms with van der Waals surface area (Å²) in [5.41, 5.74) is 10.8. The molecule has 0 bridgehead atoms. The van der Waals surface area contributed by atoms with E-state index in [4.69, 9.17) is 15.9 Å². The summed E-state index contributed by atoms with van der Waals surface area (Å²) < 4.78 is 5.76. The number of hydrogen-bond acceptors (Lipinski definition) is 6. The van der Waals surface area contributed by atoms with Crippen LogP contribution in [0.5, 0.6) is 5.75 Å². The van der Waals surface area contributed by atoms with Crippen molar-refractivity contribution in [2.75, 3.05) is 10.6 Å². The summed E-state index contributed by atoms with van der Waals surface area (Å²) in [4.78, 5) is 11.1. The fraction of sp³-hybridized carbons (Fsp3) is 0.227. The van der Waals surface area contributed by atoms with Gasteiger partial charge < -0.3 is 15.4 Å². The Bertz CT molecular complexity index is 1010. The van der Waals surface area contributed by atoms with E-state index in [0.29, 0.717) is 22.7 Å². The molecule has 0 unspecified atom stereocenters. The van der Waals surface area contributed by atoms with Gasteiger partial charge in [-0.05, 0) is 55.8 Å². The van der Waals surface area contributed by atoms with E-state index in [1.807, 2.05) is 50.4 Å².